The smallest absolute Gasteiger partial charge is 0.303 e. The van der Waals surface area contributed by atoms with E-state index in [-0.39, 0.29) is 16.3 Å². The van der Waals surface area contributed by atoms with Gasteiger partial charge in [0.15, 0.2) is 10.3 Å². The highest BCUT2D eigenvalue weighted by atomic mass is 32.2. The average molecular weight is 408 g/mol. The lowest BCUT2D eigenvalue weighted by Crippen LogP contribution is -2.31. The third-order valence-electron chi connectivity index (χ3n) is 3.19. The van der Waals surface area contributed by atoms with E-state index in [9.17, 15) is 14.2 Å². The molecule has 0 aliphatic carbocycles. The molecule has 2 amide bonds. The molecule has 2 unspecified atom stereocenters. The molecule has 2 aliphatic rings. The monoisotopic (exact) mass is 408 g/mol. The minimum Gasteiger partial charge on any atom is -0.303 e. The summed E-state index contributed by atoms with van der Waals surface area (Å²) in [5, 5.41) is 7.61. The number of nitrogens with zero attached hydrogens (tertiary/aromatic N) is 4. The van der Waals surface area contributed by atoms with Crippen LogP contribution in [0.15, 0.2) is 22.9 Å². The van der Waals surface area contributed by atoms with Crippen molar-refractivity contribution < 1.29 is 28.5 Å². The van der Waals surface area contributed by atoms with Crippen molar-refractivity contribution in [2.75, 3.05) is 20.2 Å². The van der Waals surface area contributed by atoms with E-state index in [1.165, 1.54) is 28.6 Å². The average Bonchev–Trinajstić information content (AvgIpc) is 2.95. The molecule has 10 nitrogen and oxygen atoms in total. The SMILES string of the molecule is C=CCN1C(=O)C(C)SC1=NN=C1SC(COP(=O)(O)O)C(=O)N1C. The summed E-state index contributed by atoms with van der Waals surface area (Å²) in [6.07, 6.45) is 1.58. The number of phosphoric acid groups is 1. The van der Waals surface area contributed by atoms with Gasteiger partial charge in [0, 0.05) is 13.6 Å². The topological polar surface area (TPSA) is 132 Å². The number of amidine groups is 2. The molecule has 2 N–H and O–H groups in total. The molecular weight excluding hydrogens is 391 g/mol. The summed E-state index contributed by atoms with van der Waals surface area (Å²) in [5.41, 5.74) is 0. The fourth-order valence-electron chi connectivity index (χ4n) is 1.97. The van der Waals surface area contributed by atoms with Crippen molar-refractivity contribution in [1.29, 1.82) is 0 Å². The fraction of sp³-hybridized carbons (Fsp3) is 0.500. The van der Waals surface area contributed by atoms with Gasteiger partial charge in [0.25, 0.3) is 0 Å². The van der Waals surface area contributed by atoms with Gasteiger partial charge in [-0.1, -0.05) is 29.6 Å². The lowest BCUT2D eigenvalue weighted by molar-refractivity contribution is -0.126. The van der Waals surface area contributed by atoms with Crippen LogP contribution in [0.2, 0.25) is 0 Å². The lowest BCUT2D eigenvalue weighted by atomic mass is 10.4. The summed E-state index contributed by atoms with van der Waals surface area (Å²) >= 11 is 2.24. The number of hydrogen-bond donors (Lipinski definition) is 2. The van der Waals surface area contributed by atoms with Crippen LogP contribution in [0.25, 0.3) is 0 Å². The van der Waals surface area contributed by atoms with E-state index in [4.69, 9.17) is 9.79 Å². The van der Waals surface area contributed by atoms with Crippen LogP contribution in [0.3, 0.4) is 0 Å². The van der Waals surface area contributed by atoms with E-state index in [1.807, 2.05) is 0 Å². The second kappa shape index (κ2) is 8.02. The number of thioether (sulfide) groups is 2. The number of hydrogen-bond acceptors (Lipinski definition) is 8. The third kappa shape index (κ3) is 4.93. The Morgan fingerprint density at radius 2 is 1.92 bits per heavy atom. The molecule has 2 atom stereocenters. The van der Waals surface area contributed by atoms with Crippen molar-refractivity contribution in [2.45, 2.75) is 17.4 Å². The molecule has 0 aromatic carbocycles. The molecular formula is C12H17N4O6PS2. The molecule has 2 saturated heterocycles. The van der Waals surface area contributed by atoms with Crippen molar-refractivity contribution in [2.24, 2.45) is 10.2 Å². The zero-order valence-electron chi connectivity index (χ0n) is 13.4. The van der Waals surface area contributed by atoms with Crippen molar-refractivity contribution in [3.63, 3.8) is 0 Å². The summed E-state index contributed by atoms with van der Waals surface area (Å²) in [4.78, 5) is 44.2. The fourth-order valence-corrected chi connectivity index (χ4v) is 4.33. The minimum atomic E-state index is -4.65. The van der Waals surface area contributed by atoms with Gasteiger partial charge in [-0.15, -0.1) is 16.8 Å². The van der Waals surface area contributed by atoms with E-state index in [0.29, 0.717) is 11.7 Å². The largest absolute Gasteiger partial charge is 0.469 e. The van der Waals surface area contributed by atoms with Crippen LogP contribution in [0.1, 0.15) is 6.92 Å². The Morgan fingerprint density at radius 3 is 2.52 bits per heavy atom. The summed E-state index contributed by atoms with van der Waals surface area (Å²) in [6, 6.07) is 0. The quantitative estimate of drug-likeness (QED) is 0.368. The van der Waals surface area contributed by atoms with Crippen LogP contribution < -0.4 is 0 Å². The molecule has 138 valence electrons. The van der Waals surface area contributed by atoms with Crippen molar-refractivity contribution >= 4 is 53.5 Å². The van der Waals surface area contributed by atoms with E-state index in [2.05, 4.69) is 21.3 Å². The summed E-state index contributed by atoms with van der Waals surface area (Å²) in [7, 11) is -3.18. The van der Waals surface area contributed by atoms with Gasteiger partial charge in [-0.3, -0.25) is 23.9 Å². The van der Waals surface area contributed by atoms with Gasteiger partial charge in [-0.25, -0.2) is 4.57 Å². The van der Waals surface area contributed by atoms with Gasteiger partial charge >= 0.3 is 7.82 Å². The summed E-state index contributed by atoms with van der Waals surface area (Å²) in [5.74, 6) is -0.496. The second-order valence-electron chi connectivity index (χ2n) is 5.05. The normalized spacial score (nSPS) is 27.8. The van der Waals surface area contributed by atoms with Gasteiger partial charge in [0.1, 0.15) is 5.25 Å². The summed E-state index contributed by atoms with van der Waals surface area (Å²) in [6.45, 7) is 5.22. The number of carbonyl (C=O) groups is 2. The van der Waals surface area contributed by atoms with Gasteiger partial charge in [0.05, 0.1) is 11.9 Å². The maximum atomic E-state index is 12.1. The Hall–Kier alpha value is -1.17. The highest BCUT2D eigenvalue weighted by Gasteiger charge is 2.38. The van der Waals surface area contributed by atoms with Crippen LogP contribution >= 0.6 is 31.3 Å². The van der Waals surface area contributed by atoms with Gasteiger partial charge in [-0.05, 0) is 6.92 Å². The van der Waals surface area contributed by atoms with E-state index in [1.54, 1.807) is 13.0 Å². The van der Waals surface area contributed by atoms with Crippen molar-refractivity contribution in [3.05, 3.63) is 12.7 Å². The Balaban J connectivity index is 2.12. The van der Waals surface area contributed by atoms with E-state index >= 15 is 0 Å². The first-order valence-electron chi connectivity index (χ1n) is 7.03. The predicted molar refractivity (Wildman–Crippen MR) is 96.0 cm³/mol. The Labute approximate surface area is 152 Å². The van der Waals surface area contributed by atoms with Gasteiger partial charge < -0.3 is 9.79 Å². The van der Waals surface area contributed by atoms with Crippen molar-refractivity contribution in [1.82, 2.24) is 9.80 Å². The molecule has 2 rings (SSSR count). The van der Waals surface area contributed by atoms with Crippen LogP contribution in [-0.2, 0) is 18.7 Å². The molecule has 0 saturated carbocycles. The molecule has 0 spiro atoms. The first-order valence-corrected chi connectivity index (χ1v) is 10.3. The third-order valence-corrected chi connectivity index (χ3v) is 5.94. The molecule has 0 aromatic heterocycles. The Bertz CT molecular complexity index is 693. The standard InChI is InChI=1S/C12H17N4O6PS2/c1-4-5-16-9(17)7(2)24-12(16)14-13-11-15(3)10(18)8(25-11)6-22-23(19,20)21/h4,7-8H,1,5-6H2,2-3H3,(H2,19,20,21). The molecule has 2 heterocycles. The highest BCUT2D eigenvalue weighted by molar-refractivity contribution is 8.16. The lowest BCUT2D eigenvalue weighted by Gasteiger charge is -2.12. The van der Waals surface area contributed by atoms with Crippen molar-refractivity contribution in [3.8, 4) is 0 Å². The molecule has 2 aliphatic heterocycles. The molecule has 13 heteroatoms. The Morgan fingerprint density at radius 1 is 1.28 bits per heavy atom. The van der Waals surface area contributed by atoms with Crippen LogP contribution in [-0.4, -0.2) is 72.4 Å². The first-order chi connectivity index (χ1) is 11.6. The van der Waals surface area contributed by atoms with E-state index < -0.39 is 25.6 Å². The van der Waals surface area contributed by atoms with Gasteiger partial charge in [0.2, 0.25) is 11.8 Å². The summed E-state index contributed by atoms with van der Waals surface area (Å²) < 4.78 is 15.1. The Kier molecular flexibility index (Phi) is 6.46. The first kappa shape index (κ1) is 20.1. The number of amides is 2. The second-order valence-corrected chi connectivity index (χ2v) is 8.77. The maximum Gasteiger partial charge on any atom is 0.469 e. The van der Waals surface area contributed by atoms with Crippen LogP contribution in [0.4, 0.5) is 0 Å². The minimum absolute atomic E-state index is 0.0970. The molecule has 25 heavy (non-hydrogen) atoms. The molecule has 0 bridgehead atoms. The maximum absolute atomic E-state index is 12.1. The number of phosphoric ester groups is 1. The van der Waals surface area contributed by atoms with Gasteiger partial charge in [-0.2, -0.15) is 0 Å². The zero-order chi connectivity index (χ0) is 18.8. The van der Waals surface area contributed by atoms with Crippen LogP contribution in [0, 0.1) is 0 Å². The highest BCUT2D eigenvalue weighted by Crippen LogP contribution is 2.38. The van der Waals surface area contributed by atoms with E-state index in [0.717, 1.165) is 11.8 Å². The number of carbonyl (C=O) groups excluding carboxylic acids is 2. The molecule has 0 radical (unpaired) electrons. The van der Waals surface area contributed by atoms with Crippen LogP contribution in [0.5, 0.6) is 0 Å². The molecule has 2 fully saturated rings. The zero-order valence-corrected chi connectivity index (χ0v) is 16.0. The molecule has 0 aromatic rings. The number of rotatable bonds is 6. The predicted octanol–water partition coefficient (Wildman–Crippen LogP) is 0.446.